The van der Waals surface area contributed by atoms with Crippen molar-refractivity contribution < 1.29 is 19.1 Å². The number of ether oxygens (including phenoxy) is 2. The Morgan fingerprint density at radius 3 is 2.42 bits per heavy atom. The molecular formula is C16H22ClN3O4. The van der Waals surface area contributed by atoms with Gasteiger partial charge in [-0.1, -0.05) is 0 Å². The summed E-state index contributed by atoms with van der Waals surface area (Å²) >= 11 is 0. The van der Waals surface area contributed by atoms with Gasteiger partial charge in [0.1, 0.15) is 6.04 Å². The van der Waals surface area contributed by atoms with Crippen molar-refractivity contribution >= 4 is 29.9 Å². The molecule has 2 N–H and O–H groups in total. The molecule has 0 saturated carbocycles. The second kappa shape index (κ2) is 8.98. The van der Waals surface area contributed by atoms with Crippen LogP contribution in [0.15, 0.2) is 24.3 Å². The lowest BCUT2D eigenvalue weighted by molar-refractivity contribution is -0.120. The highest BCUT2D eigenvalue weighted by molar-refractivity contribution is 5.97. The molecule has 2 heterocycles. The first-order valence-corrected chi connectivity index (χ1v) is 7.83. The van der Waals surface area contributed by atoms with Crippen LogP contribution < -0.4 is 10.6 Å². The molecule has 2 amide bonds. The van der Waals surface area contributed by atoms with Gasteiger partial charge in [-0.25, -0.2) is 0 Å². The maximum absolute atomic E-state index is 12.3. The highest BCUT2D eigenvalue weighted by atomic mass is 35.5. The summed E-state index contributed by atoms with van der Waals surface area (Å²) < 4.78 is 10.5. The number of rotatable bonds is 3. The van der Waals surface area contributed by atoms with Crippen LogP contribution in [0, 0.1) is 0 Å². The first kappa shape index (κ1) is 18.7. The molecule has 2 aliphatic rings. The van der Waals surface area contributed by atoms with Crippen LogP contribution in [-0.2, 0) is 14.3 Å². The number of anilines is 1. The number of carbonyl (C=O) groups excluding carboxylic acids is 2. The van der Waals surface area contributed by atoms with E-state index in [9.17, 15) is 9.59 Å². The van der Waals surface area contributed by atoms with Crippen molar-refractivity contribution in [1.29, 1.82) is 0 Å². The van der Waals surface area contributed by atoms with Crippen molar-refractivity contribution in [1.82, 2.24) is 10.2 Å². The smallest absolute Gasteiger partial charge is 0.254 e. The molecule has 2 saturated heterocycles. The van der Waals surface area contributed by atoms with Crippen molar-refractivity contribution in [2.45, 2.75) is 6.04 Å². The Morgan fingerprint density at radius 2 is 1.79 bits per heavy atom. The van der Waals surface area contributed by atoms with E-state index in [2.05, 4.69) is 10.6 Å². The molecule has 1 aromatic carbocycles. The number of hydrogen-bond donors (Lipinski definition) is 2. The van der Waals surface area contributed by atoms with Gasteiger partial charge in [0.05, 0.1) is 26.4 Å². The van der Waals surface area contributed by atoms with Crippen LogP contribution in [0.25, 0.3) is 0 Å². The lowest BCUT2D eigenvalue weighted by atomic mass is 10.1. The summed E-state index contributed by atoms with van der Waals surface area (Å²) in [7, 11) is 0. The van der Waals surface area contributed by atoms with Crippen molar-refractivity contribution in [3.8, 4) is 0 Å². The van der Waals surface area contributed by atoms with Crippen LogP contribution in [0.2, 0.25) is 0 Å². The van der Waals surface area contributed by atoms with E-state index in [4.69, 9.17) is 9.47 Å². The minimum atomic E-state index is -0.335. The van der Waals surface area contributed by atoms with E-state index >= 15 is 0 Å². The zero-order chi connectivity index (χ0) is 16.1. The molecule has 8 heteroatoms. The second-order valence-electron chi connectivity index (χ2n) is 5.55. The van der Waals surface area contributed by atoms with Crippen LogP contribution in [0.5, 0.6) is 0 Å². The van der Waals surface area contributed by atoms with Crippen LogP contribution in [-0.4, -0.2) is 68.8 Å². The second-order valence-corrected chi connectivity index (χ2v) is 5.55. The Labute approximate surface area is 147 Å². The van der Waals surface area contributed by atoms with Gasteiger partial charge in [-0.2, -0.15) is 0 Å². The zero-order valence-electron chi connectivity index (χ0n) is 13.3. The average Bonchev–Trinajstić information content (AvgIpc) is 2.63. The third-order valence-corrected chi connectivity index (χ3v) is 3.94. The van der Waals surface area contributed by atoms with Gasteiger partial charge in [0.2, 0.25) is 5.91 Å². The maximum Gasteiger partial charge on any atom is 0.254 e. The summed E-state index contributed by atoms with van der Waals surface area (Å²) in [6.45, 7) is 4.06. The normalized spacial score (nSPS) is 20.8. The average molecular weight is 356 g/mol. The molecule has 1 aromatic rings. The van der Waals surface area contributed by atoms with Gasteiger partial charge in [0, 0.05) is 30.9 Å². The van der Waals surface area contributed by atoms with E-state index in [1.54, 1.807) is 29.2 Å². The number of benzene rings is 1. The highest BCUT2D eigenvalue weighted by Crippen LogP contribution is 2.13. The van der Waals surface area contributed by atoms with Crippen molar-refractivity contribution in [3.63, 3.8) is 0 Å². The summed E-state index contributed by atoms with van der Waals surface area (Å²) in [5.41, 5.74) is 1.28. The number of nitrogens with zero attached hydrogens (tertiary/aromatic N) is 1. The first-order chi connectivity index (χ1) is 11.2. The molecule has 2 aliphatic heterocycles. The number of carbonyl (C=O) groups is 2. The van der Waals surface area contributed by atoms with E-state index in [0.29, 0.717) is 57.3 Å². The van der Waals surface area contributed by atoms with Gasteiger partial charge >= 0.3 is 0 Å². The lowest BCUT2D eigenvalue weighted by Gasteiger charge is -2.27. The SMILES string of the molecule is Cl.O=C(Nc1ccc(C(=O)N2CCOCC2)cc1)C1COCCN1. The molecule has 2 fully saturated rings. The number of morpholine rings is 2. The topological polar surface area (TPSA) is 79.9 Å². The summed E-state index contributed by atoms with van der Waals surface area (Å²) in [4.78, 5) is 26.2. The highest BCUT2D eigenvalue weighted by Gasteiger charge is 2.22. The lowest BCUT2D eigenvalue weighted by Crippen LogP contribution is -2.48. The Bertz CT molecular complexity index is 555. The molecule has 0 aliphatic carbocycles. The number of hydrogen-bond acceptors (Lipinski definition) is 5. The fraction of sp³-hybridized carbons (Fsp3) is 0.500. The van der Waals surface area contributed by atoms with Gasteiger partial charge in [-0.15, -0.1) is 12.4 Å². The fourth-order valence-corrected chi connectivity index (χ4v) is 2.61. The fourth-order valence-electron chi connectivity index (χ4n) is 2.61. The monoisotopic (exact) mass is 355 g/mol. The minimum Gasteiger partial charge on any atom is -0.378 e. The molecule has 0 radical (unpaired) electrons. The molecular weight excluding hydrogens is 334 g/mol. The molecule has 24 heavy (non-hydrogen) atoms. The number of amides is 2. The van der Waals surface area contributed by atoms with Gasteiger partial charge in [0.25, 0.3) is 5.91 Å². The Balaban J connectivity index is 0.00000208. The van der Waals surface area contributed by atoms with E-state index < -0.39 is 0 Å². The third kappa shape index (κ3) is 4.67. The number of halogens is 1. The van der Waals surface area contributed by atoms with Crippen molar-refractivity contribution in [3.05, 3.63) is 29.8 Å². The third-order valence-electron chi connectivity index (χ3n) is 3.94. The van der Waals surface area contributed by atoms with E-state index in [1.807, 2.05) is 0 Å². The van der Waals surface area contributed by atoms with Crippen LogP contribution in [0.4, 0.5) is 5.69 Å². The largest absolute Gasteiger partial charge is 0.378 e. The van der Waals surface area contributed by atoms with Crippen LogP contribution in [0.3, 0.4) is 0 Å². The maximum atomic E-state index is 12.3. The minimum absolute atomic E-state index is 0. The summed E-state index contributed by atoms with van der Waals surface area (Å²) in [6, 6.07) is 6.62. The first-order valence-electron chi connectivity index (χ1n) is 7.83. The van der Waals surface area contributed by atoms with Gasteiger partial charge in [0.15, 0.2) is 0 Å². The van der Waals surface area contributed by atoms with Gasteiger partial charge in [-0.05, 0) is 24.3 Å². The Hall–Kier alpha value is -1.67. The van der Waals surface area contributed by atoms with Crippen molar-refractivity contribution in [2.24, 2.45) is 0 Å². The van der Waals surface area contributed by atoms with E-state index in [-0.39, 0.29) is 30.3 Å². The molecule has 3 rings (SSSR count). The Morgan fingerprint density at radius 1 is 1.08 bits per heavy atom. The quantitative estimate of drug-likeness (QED) is 0.825. The number of nitrogens with one attached hydrogen (secondary N) is 2. The van der Waals surface area contributed by atoms with Gasteiger partial charge < -0.3 is 25.0 Å². The summed E-state index contributed by atoms with van der Waals surface area (Å²) in [5.74, 6) is -0.134. The summed E-state index contributed by atoms with van der Waals surface area (Å²) in [6.07, 6.45) is 0. The van der Waals surface area contributed by atoms with E-state index in [1.165, 1.54) is 0 Å². The molecule has 1 atom stereocenters. The molecule has 132 valence electrons. The van der Waals surface area contributed by atoms with Crippen LogP contribution >= 0.6 is 12.4 Å². The molecule has 7 nitrogen and oxygen atoms in total. The standard InChI is InChI=1S/C16H21N3O4.ClH/c20-15(14-11-23-8-5-17-14)18-13-3-1-12(2-4-13)16(21)19-6-9-22-10-7-19;/h1-4,14,17H,5-11H2,(H,18,20);1H. The molecule has 0 spiro atoms. The van der Waals surface area contributed by atoms with Crippen molar-refractivity contribution in [2.75, 3.05) is 51.4 Å². The van der Waals surface area contributed by atoms with Gasteiger partial charge in [-0.3, -0.25) is 9.59 Å². The van der Waals surface area contributed by atoms with E-state index in [0.717, 1.165) is 0 Å². The van der Waals surface area contributed by atoms with Crippen LogP contribution in [0.1, 0.15) is 10.4 Å². The predicted molar refractivity (Wildman–Crippen MR) is 91.7 cm³/mol. The molecule has 1 unspecified atom stereocenters. The molecule has 0 bridgehead atoms. The molecule has 0 aromatic heterocycles. The predicted octanol–water partition coefficient (Wildman–Crippen LogP) is 0.508. The summed E-state index contributed by atoms with van der Waals surface area (Å²) in [5, 5.41) is 5.93. The zero-order valence-corrected chi connectivity index (χ0v) is 14.1. The Kier molecular flexibility index (Phi) is 6.99.